The third-order valence-electron chi connectivity index (χ3n) is 8.42. The number of nitriles is 1. The molecule has 6 rings (SSSR count). The Morgan fingerprint density at radius 2 is 1.80 bits per heavy atom. The smallest absolute Gasteiger partial charge is 0.277 e. The standard InChI is InChI=1S/C35H34N4O5S/c1-2-3-11-30-38-34(41)32(35(42)39(30)31(24-12-13-24)25-8-6-7-22(20-25)21-36)45(43,44)27-18-14-23(15-19-27)28-9-4-5-10-29(28)33(40)37-26-16-17-26/h4-10,14-15,18-20,24,26,31,41H,2-3,11-13,16-17H2,1H3,(H,37,40)/t31-/m0/s1. The number of sulfone groups is 1. The highest BCUT2D eigenvalue weighted by atomic mass is 32.2. The highest BCUT2D eigenvalue weighted by molar-refractivity contribution is 7.91. The minimum Gasteiger partial charge on any atom is -0.492 e. The maximum atomic E-state index is 14.3. The zero-order valence-electron chi connectivity index (χ0n) is 24.9. The van der Waals surface area contributed by atoms with Crippen molar-refractivity contribution in [3.8, 4) is 23.1 Å². The third kappa shape index (κ3) is 6.13. The molecule has 45 heavy (non-hydrogen) atoms. The monoisotopic (exact) mass is 622 g/mol. The second-order valence-electron chi connectivity index (χ2n) is 11.8. The Labute approximate surface area is 262 Å². The summed E-state index contributed by atoms with van der Waals surface area (Å²) in [6.45, 7) is 2.00. The lowest BCUT2D eigenvalue weighted by Gasteiger charge is -2.24. The number of unbranched alkanes of at least 4 members (excludes halogenated alkanes) is 1. The first-order valence-corrected chi connectivity index (χ1v) is 16.8. The van der Waals surface area contributed by atoms with Crippen LogP contribution in [-0.2, 0) is 16.3 Å². The van der Waals surface area contributed by atoms with Gasteiger partial charge in [0.1, 0.15) is 5.82 Å². The van der Waals surface area contributed by atoms with Crippen LogP contribution in [-0.4, -0.2) is 35.0 Å². The summed E-state index contributed by atoms with van der Waals surface area (Å²) in [5, 5.41) is 23.5. The number of benzene rings is 3. The molecule has 2 aliphatic rings. The van der Waals surface area contributed by atoms with Crippen LogP contribution >= 0.6 is 0 Å². The zero-order valence-corrected chi connectivity index (χ0v) is 25.8. The molecule has 2 N–H and O–H groups in total. The van der Waals surface area contributed by atoms with E-state index in [2.05, 4.69) is 16.4 Å². The van der Waals surface area contributed by atoms with Crippen molar-refractivity contribution in [2.75, 3.05) is 0 Å². The van der Waals surface area contributed by atoms with Gasteiger partial charge in [-0.3, -0.25) is 14.2 Å². The molecule has 2 saturated carbocycles. The number of nitrogens with zero attached hydrogens (tertiary/aromatic N) is 3. The first kappa shape index (κ1) is 30.3. The number of aromatic nitrogens is 2. The number of nitrogens with one attached hydrogen (secondary N) is 1. The molecule has 0 unspecified atom stereocenters. The van der Waals surface area contributed by atoms with Gasteiger partial charge in [0.05, 0.1) is 22.6 Å². The van der Waals surface area contributed by atoms with Crippen molar-refractivity contribution >= 4 is 15.7 Å². The van der Waals surface area contributed by atoms with Gasteiger partial charge in [-0.1, -0.05) is 55.8 Å². The number of carbonyl (C=O) groups is 1. The van der Waals surface area contributed by atoms with Gasteiger partial charge >= 0.3 is 0 Å². The Bertz CT molecular complexity index is 1970. The Morgan fingerprint density at radius 3 is 2.47 bits per heavy atom. The van der Waals surface area contributed by atoms with Gasteiger partial charge in [-0.15, -0.1) is 0 Å². The van der Waals surface area contributed by atoms with Gasteiger partial charge in [0.2, 0.25) is 15.7 Å². The molecule has 3 aromatic carbocycles. The van der Waals surface area contributed by atoms with E-state index in [9.17, 15) is 28.4 Å². The quantitative estimate of drug-likeness (QED) is 0.223. The average Bonchev–Trinajstić information content (AvgIpc) is 3.98. The van der Waals surface area contributed by atoms with Crippen molar-refractivity contribution in [2.45, 2.75) is 73.7 Å². The van der Waals surface area contributed by atoms with Gasteiger partial charge < -0.3 is 10.4 Å². The summed E-state index contributed by atoms with van der Waals surface area (Å²) in [6.07, 6.45) is 5.47. The summed E-state index contributed by atoms with van der Waals surface area (Å²) in [7, 11) is -4.50. The van der Waals surface area contributed by atoms with Gasteiger partial charge in [-0.05, 0) is 85.0 Å². The second-order valence-corrected chi connectivity index (χ2v) is 13.7. The minimum absolute atomic E-state index is 0.0652. The maximum absolute atomic E-state index is 14.3. The molecule has 0 aliphatic heterocycles. The maximum Gasteiger partial charge on any atom is 0.277 e. The van der Waals surface area contributed by atoms with E-state index in [1.54, 1.807) is 48.5 Å². The van der Waals surface area contributed by atoms with Gasteiger partial charge in [0, 0.05) is 18.0 Å². The largest absolute Gasteiger partial charge is 0.492 e. The van der Waals surface area contributed by atoms with Gasteiger partial charge in [0.25, 0.3) is 11.5 Å². The van der Waals surface area contributed by atoms with Gasteiger partial charge in [-0.25, -0.2) is 8.42 Å². The SMILES string of the molecule is CCCCc1nc(O)c(S(=O)(=O)c2ccc(-c3ccccc3C(=O)NC3CC3)cc2)c(=O)n1[C@H](c1cccc(C#N)c1)C1CC1. The van der Waals surface area contributed by atoms with E-state index in [4.69, 9.17) is 0 Å². The third-order valence-corrected chi connectivity index (χ3v) is 10.2. The van der Waals surface area contributed by atoms with Crippen LogP contribution in [0.2, 0.25) is 0 Å². The first-order valence-electron chi connectivity index (χ1n) is 15.3. The molecule has 1 aromatic heterocycles. The molecule has 9 nitrogen and oxygen atoms in total. The number of hydrogen-bond donors (Lipinski definition) is 2. The lowest BCUT2D eigenvalue weighted by molar-refractivity contribution is 0.0951. The molecule has 0 spiro atoms. The van der Waals surface area contributed by atoms with E-state index in [0.717, 1.165) is 37.7 Å². The summed E-state index contributed by atoms with van der Waals surface area (Å²) in [4.78, 5) is 30.5. The van der Waals surface area contributed by atoms with Crippen molar-refractivity contribution in [1.82, 2.24) is 14.9 Å². The number of rotatable bonds is 11. The topological polar surface area (TPSA) is 142 Å². The van der Waals surface area contributed by atoms with E-state index in [-0.39, 0.29) is 22.8 Å². The molecule has 1 atom stereocenters. The number of carbonyl (C=O) groups excluding carboxylic acids is 1. The second kappa shape index (κ2) is 12.3. The van der Waals surface area contributed by atoms with E-state index in [1.165, 1.54) is 16.7 Å². The van der Waals surface area contributed by atoms with Crippen molar-refractivity contribution in [2.24, 2.45) is 5.92 Å². The van der Waals surface area contributed by atoms with Crippen LogP contribution in [0.3, 0.4) is 0 Å². The minimum atomic E-state index is -4.50. The lowest BCUT2D eigenvalue weighted by Crippen LogP contribution is -2.34. The molecule has 2 aliphatic carbocycles. The fourth-order valence-electron chi connectivity index (χ4n) is 5.77. The Hall–Kier alpha value is -4.75. The molecular weight excluding hydrogens is 588 g/mol. The Morgan fingerprint density at radius 1 is 1.07 bits per heavy atom. The summed E-state index contributed by atoms with van der Waals surface area (Å²) < 4.78 is 29.5. The highest BCUT2D eigenvalue weighted by Crippen LogP contribution is 2.44. The average molecular weight is 623 g/mol. The van der Waals surface area contributed by atoms with Crippen LogP contribution in [0.25, 0.3) is 11.1 Å². The fraction of sp³-hybridized carbons (Fsp3) is 0.314. The number of aryl methyl sites for hydroxylation is 1. The molecule has 2 fully saturated rings. The van der Waals surface area contributed by atoms with Gasteiger partial charge in [-0.2, -0.15) is 10.2 Å². The molecule has 1 heterocycles. The predicted octanol–water partition coefficient (Wildman–Crippen LogP) is 5.55. The summed E-state index contributed by atoms with van der Waals surface area (Å²) in [5.74, 6) is -0.631. The van der Waals surface area contributed by atoms with Crippen LogP contribution in [0.4, 0.5) is 0 Å². The van der Waals surface area contributed by atoms with Crippen molar-refractivity contribution in [3.05, 3.63) is 106 Å². The van der Waals surface area contributed by atoms with Crippen LogP contribution in [0, 0.1) is 17.2 Å². The summed E-state index contributed by atoms with van der Waals surface area (Å²) in [6, 6.07) is 21.8. The van der Waals surface area contributed by atoms with Gasteiger partial charge in [0.15, 0.2) is 4.90 Å². The van der Waals surface area contributed by atoms with Crippen molar-refractivity contribution in [1.29, 1.82) is 5.26 Å². The first-order chi connectivity index (χ1) is 21.7. The number of hydrogen-bond acceptors (Lipinski definition) is 7. The van der Waals surface area contributed by atoms with E-state index < -0.39 is 32.2 Å². The molecule has 10 heteroatoms. The molecule has 0 saturated heterocycles. The van der Waals surface area contributed by atoms with E-state index >= 15 is 0 Å². The van der Waals surface area contributed by atoms with Crippen LogP contribution in [0.1, 0.15) is 78.8 Å². The zero-order chi connectivity index (χ0) is 31.7. The molecule has 0 bridgehead atoms. The summed E-state index contributed by atoms with van der Waals surface area (Å²) in [5.41, 5.74) is 2.10. The van der Waals surface area contributed by atoms with Crippen molar-refractivity contribution in [3.63, 3.8) is 0 Å². The number of amides is 1. The summed E-state index contributed by atoms with van der Waals surface area (Å²) >= 11 is 0. The Balaban J connectivity index is 1.43. The fourth-order valence-corrected chi connectivity index (χ4v) is 7.12. The van der Waals surface area contributed by atoms with Crippen molar-refractivity contribution < 1.29 is 18.3 Å². The predicted molar refractivity (Wildman–Crippen MR) is 169 cm³/mol. The van der Waals surface area contributed by atoms with Crippen LogP contribution < -0.4 is 10.9 Å². The Kier molecular flexibility index (Phi) is 8.30. The molecule has 0 radical (unpaired) electrons. The molecule has 230 valence electrons. The molecular formula is C35H34N4O5S. The normalized spacial score (nSPS) is 15.3. The number of aromatic hydroxyl groups is 1. The van der Waals surface area contributed by atoms with Crippen LogP contribution in [0.5, 0.6) is 5.88 Å². The highest BCUT2D eigenvalue weighted by Gasteiger charge is 2.38. The van der Waals surface area contributed by atoms with E-state index in [1.807, 2.05) is 19.1 Å². The van der Waals surface area contributed by atoms with Crippen LogP contribution in [0.15, 0.2) is 87.4 Å². The molecule has 1 amide bonds. The molecule has 4 aromatic rings. The lowest BCUT2D eigenvalue weighted by atomic mass is 9.99. The van der Waals surface area contributed by atoms with E-state index in [0.29, 0.717) is 40.9 Å².